The van der Waals surface area contributed by atoms with E-state index in [9.17, 15) is 0 Å². The third-order valence-electron chi connectivity index (χ3n) is 3.06. The summed E-state index contributed by atoms with van der Waals surface area (Å²) in [7, 11) is 1.68. The zero-order chi connectivity index (χ0) is 13.0. The van der Waals surface area contributed by atoms with E-state index in [1.807, 2.05) is 12.1 Å². The van der Waals surface area contributed by atoms with Crippen LogP contribution in [0.4, 0.5) is 0 Å². The van der Waals surface area contributed by atoms with Crippen molar-refractivity contribution in [2.75, 3.05) is 33.4 Å². The van der Waals surface area contributed by atoms with Gasteiger partial charge in [0, 0.05) is 29.7 Å². The van der Waals surface area contributed by atoms with Crippen molar-refractivity contribution in [3.63, 3.8) is 0 Å². The first-order valence-electron chi connectivity index (χ1n) is 6.00. The molecule has 1 aromatic carbocycles. The van der Waals surface area contributed by atoms with E-state index in [1.54, 1.807) is 7.11 Å². The van der Waals surface area contributed by atoms with Gasteiger partial charge in [0.25, 0.3) is 0 Å². The molecule has 4 nitrogen and oxygen atoms in total. The molecule has 1 aromatic rings. The molecule has 2 rings (SSSR count). The van der Waals surface area contributed by atoms with Gasteiger partial charge < -0.3 is 14.6 Å². The Hall–Kier alpha value is -0.620. The Kier molecular flexibility index (Phi) is 5.00. The van der Waals surface area contributed by atoms with Gasteiger partial charge in [-0.1, -0.05) is 15.9 Å². The van der Waals surface area contributed by atoms with Crippen molar-refractivity contribution in [2.24, 2.45) is 0 Å². The lowest BCUT2D eigenvalue weighted by molar-refractivity contribution is -0.0552. The number of rotatable bonds is 4. The van der Waals surface area contributed by atoms with E-state index in [0.29, 0.717) is 6.61 Å². The smallest absolute Gasteiger partial charge is 0.123 e. The van der Waals surface area contributed by atoms with E-state index in [0.717, 1.165) is 35.4 Å². The normalized spacial score (nSPS) is 20.9. The fourth-order valence-corrected chi connectivity index (χ4v) is 2.55. The number of nitrogens with zero attached hydrogens (tertiary/aromatic N) is 1. The Balaban J connectivity index is 2.06. The second-order valence-electron chi connectivity index (χ2n) is 4.37. The topological polar surface area (TPSA) is 41.9 Å². The summed E-state index contributed by atoms with van der Waals surface area (Å²) in [5.41, 5.74) is 1.14. The molecule has 0 bridgehead atoms. The van der Waals surface area contributed by atoms with E-state index in [2.05, 4.69) is 26.9 Å². The Morgan fingerprint density at radius 2 is 2.39 bits per heavy atom. The minimum absolute atomic E-state index is 0.0723. The van der Waals surface area contributed by atoms with Gasteiger partial charge in [-0.05, 0) is 18.2 Å². The summed E-state index contributed by atoms with van der Waals surface area (Å²) in [6, 6.07) is 6.00. The minimum Gasteiger partial charge on any atom is -0.496 e. The fraction of sp³-hybridized carbons (Fsp3) is 0.538. The van der Waals surface area contributed by atoms with Crippen LogP contribution in [-0.2, 0) is 11.3 Å². The average Bonchev–Trinajstić information content (AvgIpc) is 2.39. The molecule has 1 saturated heterocycles. The Labute approximate surface area is 116 Å². The third kappa shape index (κ3) is 3.45. The first-order valence-corrected chi connectivity index (χ1v) is 6.79. The highest BCUT2D eigenvalue weighted by Gasteiger charge is 2.20. The highest BCUT2D eigenvalue weighted by atomic mass is 79.9. The lowest BCUT2D eigenvalue weighted by Gasteiger charge is -2.32. The van der Waals surface area contributed by atoms with Crippen LogP contribution < -0.4 is 4.74 Å². The summed E-state index contributed by atoms with van der Waals surface area (Å²) >= 11 is 3.48. The van der Waals surface area contributed by atoms with Gasteiger partial charge in [0.05, 0.1) is 26.4 Å². The first kappa shape index (κ1) is 13.8. The monoisotopic (exact) mass is 315 g/mol. The number of ether oxygens (including phenoxy) is 2. The number of hydrogen-bond acceptors (Lipinski definition) is 4. The van der Waals surface area contributed by atoms with E-state index in [4.69, 9.17) is 14.6 Å². The van der Waals surface area contributed by atoms with Gasteiger partial charge in [-0.15, -0.1) is 0 Å². The molecule has 0 amide bonds. The molecule has 1 aliphatic heterocycles. The van der Waals surface area contributed by atoms with Crippen LogP contribution in [0.15, 0.2) is 22.7 Å². The van der Waals surface area contributed by atoms with E-state index in [1.165, 1.54) is 0 Å². The summed E-state index contributed by atoms with van der Waals surface area (Å²) < 4.78 is 11.9. The van der Waals surface area contributed by atoms with E-state index < -0.39 is 0 Å². The molecular formula is C13H18BrNO3. The summed E-state index contributed by atoms with van der Waals surface area (Å²) in [6.45, 7) is 3.19. The zero-order valence-electron chi connectivity index (χ0n) is 10.4. The van der Waals surface area contributed by atoms with Gasteiger partial charge in [-0.3, -0.25) is 4.90 Å². The van der Waals surface area contributed by atoms with Crippen molar-refractivity contribution in [3.05, 3.63) is 28.2 Å². The van der Waals surface area contributed by atoms with Crippen LogP contribution in [0.25, 0.3) is 0 Å². The average molecular weight is 316 g/mol. The Morgan fingerprint density at radius 1 is 1.56 bits per heavy atom. The van der Waals surface area contributed by atoms with Crippen molar-refractivity contribution in [1.29, 1.82) is 0 Å². The molecule has 1 aliphatic rings. The predicted molar refractivity (Wildman–Crippen MR) is 72.8 cm³/mol. The van der Waals surface area contributed by atoms with Crippen LogP contribution in [0.2, 0.25) is 0 Å². The van der Waals surface area contributed by atoms with Crippen LogP contribution in [0, 0.1) is 0 Å². The molecule has 1 heterocycles. The molecule has 0 aromatic heterocycles. The van der Waals surface area contributed by atoms with Gasteiger partial charge in [0.2, 0.25) is 0 Å². The maximum absolute atomic E-state index is 9.14. The van der Waals surface area contributed by atoms with Crippen molar-refractivity contribution >= 4 is 15.9 Å². The maximum Gasteiger partial charge on any atom is 0.123 e. The number of aliphatic hydroxyl groups excluding tert-OH is 1. The Morgan fingerprint density at radius 3 is 3.11 bits per heavy atom. The van der Waals surface area contributed by atoms with Crippen LogP contribution >= 0.6 is 15.9 Å². The van der Waals surface area contributed by atoms with Gasteiger partial charge in [0.1, 0.15) is 5.75 Å². The molecule has 0 aliphatic carbocycles. The molecular weight excluding hydrogens is 298 g/mol. The number of halogens is 1. The number of aliphatic hydroxyl groups is 1. The number of hydrogen-bond donors (Lipinski definition) is 1. The highest BCUT2D eigenvalue weighted by molar-refractivity contribution is 9.10. The SMILES string of the molecule is COc1ccc(Br)cc1CN1CCOC(CO)C1. The largest absolute Gasteiger partial charge is 0.496 e. The molecule has 100 valence electrons. The number of morpholine rings is 1. The van der Waals surface area contributed by atoms with Gasteiger partial charge in [-0.2, -0.15) is 0 Å². The van der Waals surface area contributed by atoms with Gasteiger partial charge in [0.15, 0.2) is 0 Å². The highest BCUT2D eigenvalue weighted by Crippen LogP contribution is 2.24. The summed E-state index contributed by atoms with van der Waals surface area (Å²) in [6.07, 6.45) is -0.0723. The fourth-order valence-electron chi connectivity index (χ4n) is 2.15. The van der Waals surface area contributed by atoms with Crippen molar-refractivity contribution in [2.45, 2.75) is 12.6 Å². The van der Waals surface area contributed by atoms with Crippen LogP contribution in [0.1, 0.15) is 5.56 Å². The first-order chi connectivity index (χ1) is 8.72. The lowest BCUT2D eigenvalue weighted by atomic mass is 10.1. The lowest BCUT2D eigenvalue weighted by Crippen LogP contribution is -2.43. The molecule has 0 spiro atoms. The van der Waals surface area contributed by atoms with Crippen molar-refractivity contribution in [3.8, 4) is 5.75 Å². The molecule has 0 saturated carbocycles. The van der Waals surface area contributed by atoms with Gasteiger partial charge in [-0.25, -0.2) is 0 Å². The molecule has 1 N–H and O–H groups in total. The second-order valence-corrected chi connectivity index (χ2v) is 5.28. The molecule has 18 heavy (non-hydrogen) atoms. The number of benzene rings is 1. The molecule has 1 fully saturated rings. The summed E-state index contributed by atoms with van der Waals surface area (Å²) in [5, 5.41) is 9.14. The molecule has 0 radical (unpaired) electrons. The molecule has 5 heteroatoms. The summed E-state index contributed by atoms with van der Waals surface area (Å²) in [5.74, 6) is 0.894. The zero-order valence-corrected chi connectivity index (χ0v) is 12.0. The van der Waals surface area contributed by atoms with Crippen molar-refractivity contribution < 1.29 is 14.6 Å². The quantitative estimate of drug-likeness (QED) is 0.917. The second kappa shape index (κ2) is 6.52. The van der Waals surface area contributed by atoms with Crippen LogP contribution in [-0.4, -0.2) is 49.5 Å². The summed E-state index contributed by atoms with van der Waals surface area (Å²) in [4.78, 5) is 2.27. The maximum atomic E-state index is 9.14. The molecule has 1 atom stereocenters. The van der Waals surface area contributed by atoms with Crippen LogP contribution in [0.3, 0.4) is 0 Å². The van der Waals surface area contributed by atoms with Gasteiger partial charge >= 0.3 is 0 Å². The van der Waals surface area contributed by atoms with Crippen LogP contribution in [0.5, 0.6) is 5.75 Å². The predicted octanol–water partition coefficient (Wildman–Crippen LogP) is 1.65. The molecule has 1 unspecified atom stereocenters. The Bertz CT molecular complexity index is 400. The third-order valence-corrected chi connectivity index (χ3v) is 3.56. The van der Waals surface area contributed by atoms with E-state index in [-0.39, 0.29) is 12.7 Å². The number of methoxy groups -OCH3 is 1. The van der Waals surface area contributed by atoms with E-state index >= 15 is 0 Å². The van der Waals surface area contributed by atoms with Crippen molar-refractivity contribution in [1.82, 2.24) is 4.90 Å². The minimum atomic E-state index is -0.0723. The standard InChI is InChI=1S/C13H18BrNO3/c1-17-13-3-2-11(14)6-10(13)7-15-4-5-18-12(8-15)9-16/h2-3,6,12,16H,4-5,7-9H2,1H3.